The molecule has 0 saturated carbocycles. The minimum atomic E-state index is -0.517. The Hall–Kier alpha value is -1.82. The molecule has 140 valence electrons. The summed E-state index contributed by atoms with van der Waals surface area (Å²) in [6.45, 7) is 10.5. The van der Waals surface area contributed by atoms with Gasteiger partial charge in [0.1, 0.15) is 11.4 Å². The van der Waals surface area contributed by atoms with Crippen molar-refractivity contribution < 1.29 is 9.53 Å². The van der Waals surface area contributed by atoms with Crippen molar-refractivity contribution in [2.24, 2.45) is 5.73 Å². The molecule has 3 N–H and O–H groups in total. The van der Waals surface area contributed by atoms with Crippen molar-refractivity contribution >= 4 is 11.9 Å². The molecule has 6 heteroatoms. The van der Waals surface area contributed by atoms with Crippen LogP contribution in [0.5, 0.6) is 0 Å². The van der Waals surface area contributed by atoms with Crippen LogP contribution in [0, 0.1) is 0 Å². The molecule has 1 amide bonds. The molecule has 2 heterocycles. The molecule has 1 atom stereocenters. The van der Waals surface area contributed by atoms with Crippen LogP contribution in [-0.2, 0) is 10.2 Å². The first kappa shape index (κ1) is 19.5. The van der Waals surface area contributed by atoms with Gasteiger partial charge in [-0.05, 0) is 46.1 Å². The Labute approximate surface area is 151 Å². The number of alkyl carbamates (subject to hydrolysis) is 1. The van der Waals surface area contributed by atoms with Crippen LogP contribution < -0.4 is 16.0 Å². The molecule has 0 bridgehead atoms. The second-order valence-electron chi connectivity index (χ2n) is 8.04. The van der Waals surface area contributed by atoms with E-state index in [0.717, 1.165) is 24.5 Å². The van der Waals surface area contributed by atoms with Gasteiger partial charge >= 0.3 is 6.09 Å². The normalized spacial score (nSPS) is 17.7. The number of nitrogens with two attached hydrogens (primary N) is 1. The van der Waals surface area contributed by atoms with E-state index in [1.165, 1.54) is 19.3 Å². The summed E-state index contributed by atoms with van der Waals surface area (Å²) >= 11 is 0. The van der Waals surface area contributed by atoms with Crippen molar-refractivity contribution in [2.75, 3.05) is 31.1 Å². The summed E-state index contributed by atoms with van der Waals surface area (Å²) in [6.07, 6.45) is 5.05. The topological polar surface area (TPSA) is 80.5 Å². The van der Waals surface area contributed by atoms with Crippen LogP contribution in [0.15, 0.2) is 18.3 Å². The van der Waals surface area contributed by atoms with Crippen LogP contribution in [-0.4, -0.2) is 42.9 Å². The molecule has 0 aliphatic carbocycles. The van der Waals surface area contributed by atoms with Crippen molar-refractivity contribution in [3.8, 4) is 0 Å². The Morgan fingerprint density at radius 1 is 1.28 bits per heavy atom. The highest BCUT2D eigenvalue weighted by Gasteiger charge is 2.31. The first-order chi connectivity index (χ1) is 11.7. The van der Waals surface area contributed by atoms with E-state index in [-0.39, 0.29) is 0 Å². The summed E-state index contributed by atoms with van der Waals surface area (Å²) < 4.78 is 5.34. The number of rotatable bonds is 5. The molecule has 1 unspecified atom stereocenters. The van der Waals surface area contributed by atoms with E-state index >= 15 is 0 Å². The van der Waals surface area contributed by atoms with Gasteiger partial charge in [0.2, 0.25) is 0 Å². The average molecular weight is 348 g/mol. The summed E-state index contributed by atoms with van der Waals surface area (Å²) in [5.74, 6) is 0.987. The van der Waals surface area contributed by atoms with Gasteiger partial charge in [-0.3, -0.25) is 0 Å². The Morgan fingerprint density at radius 3 is 2.56 bits per heavy atom. The number of ether oxygens (including phenoxy) is 1. The number of anilines is 1. The fourth-order valence-corrected chi connectivity index (χ4v) is 3.08. The number of hydrogen-bond acceptors (Lipinski definition) is 5. The summed E-state index contributed by atoms with van der Waals surface area (Å²) in [5, 5.41) is 2.87. The number of hydrogen-bond donors (Lipinski definition) is 2. The molecule has 1 aromatic rings. The maximum Gasteiger partial charge on any atom is 0.407 e. The molecular formula is C19H32N4O2. The molecule has 0 aromatic carbocycles. The Bertz CT molecular complexity index is 579. The molecule has 6 nitrogen and oxygen atoms in total. The largest absolute Gasteiger partial charge is 0.444 e. The van der Waals surface area contributed by atoms with Crippen LogP contribution in [0.3, 0.4) is 0 Å². The van der Waals surface area contributed by atoms with Crippen LogP contribution in [0.2, 0.25) is 0 Å². The summed E-state index contributed by atoms with van der Waals surface area (Å²) in [7, 11) is 0. The smallest absolute Gasteiger partial charge is 0.407 e. The van der Waals surface area contributed by atoms with Crippen LogP contribution in [0.1, 0.15) is 52.5 Å². The first-order valence-electron chi connectivity index (χ1n) is 9.12. The fourth-order valence-electron chi connectivity index (χ4n) is 3.08. The monoisotopic (exact) mass is 348 g/mol. The summed E-state index contributed by atoms with van der Waals surface area (Å²) in [6, 6.07) is 4.00. The highest BCUT2D eigenvalue weighted by molar-refractivity contribution is 5.68. The lowest BCUT2D eigenvalue weighted by Crippen LogP contribution is -2.46. The standard InChI is InChI=1S/C19H32N4O2/c1-18(2,3)25-17(24)22-14-19(4,13-20)15-9-8-10-21-16(15)23-11-6-5-7-12-23/h8-10H,5-7,11-14,20H2,1-4H3,(H,22,24). The molecule has 1 fully saturated rings. The van der Waals surface area contributed by atoms with Gasteiger partial charge in [-0.2, -0.15) is 0 Å². The van der Waals surface area contributed by atoms with E-state index < -0.39 is 17.1 Å². The fraction of sp³-hybridized carbons (Fsp3) is 0.684. The number of carbonyl (C=O) groups is 1. The quantitative estimate of drug-likeness (QED) is 0.855. The lowest BCUT2D eigenvalue weighted by atomic mass is 9.82. The number of pyridine rings is 1. The van der Waals surface area contributed by atoms with Crippen molar-refractivity contribution in [1.29, 1.82) is 0 Å². The molecule has 1 aliphatic heterocycles. The van der Waals surface area contributed by atoms with Gasteiger partial charge in [0.15, 0.2) is 0 Å². The molecule has 1 aliphatic rings. The van der Waals surface area contributed by atoms with Gasteiger partial charge < -0.3 is 20.7 Å². The van der Waals surface area contributed by atoms with E-state index in [9.17, 15) is 4.79 Å². The predicted octanol–water partition coefficient (Wildman–Crippen LogP) is 2.81. The highest BCUT2D eigenvalue weighted by atomic mass is 16.6. The zero-order chi connectivity index (χ0) is 18.5. The van der Waals surface area contributed by atoms with Crippen molar-refractivity contribution in [3.05, 3.63) is 23.9 Å². The average Bonchev–Trinajstić information content (AvgIpc) is 2.59. The van der Waals surface area contributed by atoms with E-state index in [1.54, 1.807) is 0 Å². The number of amides is 1. The second-order valence-corrected chi connectivity index (χ2v) is 8.04. The molecule has 0 spiro atoms. The molecule has 0 radical (unpaired) electrons. The minimum Gasteiger partial charge on any atom is -0.444 e. The van der Waals surface area contributed by atoms with Gasteiger partial charge in [-0.15, -0.1) is 0 Å². The number of nitrogens with one attached hydrogen (secondary N) is 1. The van der Waals surface area contributed by atoms with Gasteiger partial charge in [-0.25, -0.2) is 9.78 Å². The first-order valence-corrected chi connectivity index (χ1v) is 9.12. The minimum absolute atomic E-state index is 0.405. The number of carbonyl (C=O) groups excluding carboxylic acids is 1. The maximum atomic E-state index is 12.0. The number of nitrogens with zero attached hydrogens (tertiary/aromatic N) is 2. The Balaban J connectivity index is 2.16. The van der Waals surface area contributed by atoms with Gasteiger partial charge in [0.25, 0.3) is 0 Å². The zero-order valence-corrected chi connectivity index (χ0v) is 16.0. The third-order valence-corrected chi connectivity index (χ3v) is 4.56. The summed E-state index contributed by atoms with van der Waals surface area (Å²) in [5.41, 5.74) is 6.27. The SMILES string of the molecule is CC(C)(C)OC(=O)NCC(C)(CN)c1cccnc1N1CCCCC1. The van der Waals surface area contributed by atoms with Gasteiger partial charge in [-0.1, -0.05) is 13.0 Å². The Kier molecular flexibility index (Phi) is 6.27. The highest BCUT2D eigenvalue weighted by Crippen LogP contribution is 2.31. The van der Waals surface area contributed by atoms with Gasteiger partial charge in [0.05, 0.1) is 0 Å². The van der Waals surface area contributed by atoms with Crippen LogP contribution in [0.25, 0.3) is 0 Å². The van der Waals surface area contributed by atoms with E-state index in [4.69, 9.17) is 10.5 Å². The molecule has 1 aromatic heterocycles. The van der Waals surface area contributed by atoms with Crippen LogP contribution >= 0.6 is 0 Å². The third-order valence-electron chi connectivity index (χ3n) is 4.56. The van der Waals surface area contributed by atoms with Gasteiger partial charge in [0, 0.05) is 43.4 Å². The van der Waals surface area contributed by atoms with E-state index in [1.807, 2.05) is 33.0 Å². The van der Waals surface area contributed by atoms with E-state index in [2.05, 4.69) is 28.2 Å². The molecule has 2 rings (SSSR count). The third kappa shape index (κ3) is 5.33. The molecule has 25 heavy (non-hydrogen) atoms. The molecular weight excluding hydrogens is 316 g/mol. The van der Waals surface area contributed by atoms with Crippen molar-refractivity contribution in [3.63, 3.8) is 0 Å². The lowest BCUT2D eigenvalue weighted by Gasteiger charge is -2.35. The maximum absolute atomic E-state index is 12.0. The second kappa shape index (κ2) is 8.04. The lowest BCUT2D eigenvalue weighted by molar-refractivity contribution is 0.0516. The summed E-state index contributed by atoms with van der Waals surface area (Å²) in [4.78, 5) is 19.0. The van der Waals surface area contributed by atoms with Crippen LogP contribution in [0.4, 0.5) is 10.6 Å². The zero-order valence-electron chi connectivity index (χ0n) is 16.0. The van der Waals surface area contributed by atoms with E-state index in [0.29, 0.717) is 13.1 Å². The molecule has 1 saturated heterocycles. The number of aromatic nitrogens is 1. The van der Waals surface area contributed by atoms with Crippen molar-refractivity contribution in [2.45, 2.75) is 58.0 Å². The predicted molar refractivity (Wildman–Crippen MR) is 101 cm³/mol. The van der Waals surface area contributed by atoms with Crippen molar-refractivity contribution in [1.82, 2.24) is 10.3 Å². The Morgan fingerprint density at radius 2 is 1.96 bits per heavy atom. The number of piperidine rings is 1.